The number of ether oxygens (including phenoxy) is 1. The van der Waals surface area contributed by atoms with Crippen molar-refractivity contribution < 1.29 is 14.6 Å². The Labute approximate surface area is 96.6 Å². The summed E-state index contributed by atoms with van der Waals surface area (Å²) in [5, 5.41) is 9.77. The van der Waals surface area contributed by atoms with Crippen molar-refractivity contribution in [2.75, 3.05) is 26.7 Å². The van der Waals surface area contributed by atoms with Crippen molar-refractivity contribution in [2.45, 2.75) is 31.8 Å². The van der Waals surface area contributed by atoms with Crippen LogP contribution in [0.3, 0.4) is 0 Å². The molecule has 2 atom stereocenters. The molecular weight excluding hydrogens is 206 g/mol. The van der Waals surface area contributed by atoms with E-state index in [0.29, 0.717) is 12.5 Å². The van der Waals surface area contributed by atoms with Gasteiger partial charge in [-0.2, -0.15) is 0 Å². The van der Waals surface area contributed by atoms with Gasteiger partial charge in [-0.25, -0.2) is 0 Å². The van der Waals surface area contributed by atoms with Gasteiger partial charge in [0.15, 0.2) is 0 Å². The maximum atomic E-state index is 11.2. The van der Waals surface area contributed by atoms with Crippen molar-refractivity contribution >= 4 is 5.97 Å². The quantitative estimate of drug-likeness (QED) is 0.677. The van der Waals surface area contributed by atoms with Crippen LogP contribution in [0.4, 0.5) is 0 Å². The minimum Gasteiger partial charge on any atom is -0.465 e. The van der Waals surface area contributed by atoms with Gasteiger partial charge in [-0.3, -0.25) is 4.79 Å². The fourth-order valence-electron chi connectivity index (χ4n) is 2.22. The Morgan fingerprint density at radius 2 is 2.25 bits per heavy atom. The number of nitrogens with zero attached hydrogens (tertiary/aromatic N) is 1. The molecule has 2 fully saturated rings. The fraction of sp³-hybridized carbons (Fsp3) is 0.917. The first-order valence-electron chi connectivity index (χ1n) is 6.20. The third-order valence-corrected chi connectivity index (χ3v) is 3.57. The summed E-state index contributed by atoms with van der Waals surface area (Å²) in [5.74, 6) is 0.565. The number of hydrogen-bond acceptors (Lipinski definition) is 4. The summed E-state index contributed by atoms with van der Waals surface area (Å²) >= 11 is 0. The molecule has 2 aliphatic rings. The van der Waals surface area contributed by atoms with Crippen LogP contribution < -0.4 is 0 Å². The Balaban J connectivity index is 1.62. The highest BCUT2D eigenvalue weighted by atomic mass is 16.5. The smallest absolute Gasteiger partial charge is 0.309 e. The molecule has 1 heterocycles. The number of likely N-dealkylation sites (N-methyl/N-ethyl adjacent to an activating group) is 1. The molecule has 0 aromatic heterocycles. The van der Waals surface area contributed by atoms with Crippen molar-refractivity contribution in [2.24, 2.45) is 11.8 Å². The van der Waals surface area contributed by atoms with Crippen LogP contribution in [0, 0.1) is 11.8 Å². The molecule has 0 bridgehead atoms. The fourth-order valence-corrected chi connectivity index (χ4v) is 2.22. The van der Waals surface area contributed by atoms with Crippen LogP contribution in [-0.2, 0) is 9.53 Å². The highest BCUT2D eigenvalue weighted by molar-refractivity contribution is 5.74. The van der Waals surface area contributed by atoms with Crippen molar-refractivity contribution in [3.05, 3.63) is 0 Å². The number of rotatable bonds is 6. The van der Waals surface area contributed by atoms with Crippen LogP contribution in [0.2, 0.25) is 0 Å². The zero-order valence-corrected chi connectivity index (χ0v) is 9.89. The van der Waals surface area contributed by atoms with E-state index in [0.717, 1.165) is 25.9 Å². The van der Waals surface area contributed by atoms with Gasteiger partial charge in [-0.15, -0.1) is 0 Å². The predicted molar refractivity (Wildman–Crippen MR) is 59.9 cm³/mol. The van der Waals surface area contributed by atoms with Crippen LogP contribution in [0.1, 0.15) is 25.7 Å². The van der Waals surface area contributed by atoms with Crippen LogP contribution in [0.25, 0.3) is 0 Å². The van der Waals surface area contributed by atoms with Crippen LogP contribution in [0.15, 0.2) is 0 Å². The largest absolute Gasteiger partial charge is 0.465 e. The van der Waals surface area contributed by atoms with Gasteiger partial charge in [0.05, 0.1) is 18.6 Å². The van der Waals surface area contributed by atoms with Gasteiger partial charge < -0.3 is 14.7 Å². The van der Waals surface area contributed by atoms with Crippen LogP contribution in [0.5, 0.6) is 0 Å². The van der Waals surface area contributed by atoms with E-state index in [2.05, 4.69) is 4.90 Å². The van der Waals surface area contributed by atoms with Gasteiger partial charge in [0, 0.05) is 6.54 Å². The molecule has 1 aliphatic carbocycles. The van der Waals surface area contributed by atoms with Crippen LogP contribution >= 0.6 is 0 Å². The molecule has 4 heteroatoms. The zero-order valence-electron chi connectivity index (χ0n) is 9.89. The van der Waals surface area contributed by atoms with Gasteiger partial charge in [0.25, 0.3) is 0 Å². The molecular formula is C12H21NO3. The molecule has 4 nitrogen and oxygen atoms in total. The highest BCUT2D eigenvalue weighted by Crippen LogP contribution is 2.32. The van der Waals surface area contributed by atoms with Crippen molar-refractivity contribution in [3.8, 4) is 0 Å². The SMILES string of the molecule is CN(CCC1CCOC1=O)CC(O)C1CC1. The molecule has 2 unspecified atom stereocenters. The van der Waals surface area contributed by atoms with E-state index in [1.54, 1.807) is 0 Å². The van der Waals surface area contributed by atoms with Crippen LogP contribution in [-0.4, -0.2) is 48.8 Å². The van der Waals surface area contributed by atoms with Crippen molar-refractivity contribution in [1.29, 1.82) is 0 Å². The minimum absolute atomic E-state index is 0.0452. The van der Waals surface area contributed by atoms with E-state index in [1.807, 2.05) is 7.05 Å². The third kappa shape index (κ3) is 3.19. The van der Waals surface area contributed by atoms with Gasteiger partial charge >= 0.3 is 5.97 Å². The topological polar surface area (TPSA) is 49.8 Å². The van der Waals surface area contributed by atoms with Crippen molar-refractivity contribution in [1.82, 2.24) is 4.90 Å². The standard InChI is InChI=1S/C12H21NO3/c1-13(8-11(14)9-2-3-9)6-4-10-5-7-16-12(10)15/h9-11,14H,2-8H2,1H3. The summed E-state index contributed by atoms with van der Waals surface area (Å²) in [7, 11) is 2.01. The number of cyclic esters (lactones) is 1. The van der Waals surface area contributed by atoms with Gasteiger partial charge in [-0.1, -0.05) is 0 Å². The zero-order chi connectivity index (χ0) is 11.5. The molecule has 0 radical (unpaired) electrons. The lowest BCUT2D eigenvalue weighted by Gasteiger charge is -2.21. The molecule has 16 heavy (non-hydrogen) atoms. The molecule has 1 saturated carbocycles. The maximum Gasteiger partial charge on any atom is 0.309 e. The summed E-state index contributed by atoms with van der Waals surface area (Å²) in [6.07, 6.45) is 3.87. The minimum atomic E-state index is -0.180. The Hall–Kier alpha value is -0.610. The lowest BCUT2D eigenvalue weighted by Crippen LogP contribution is -2.32. The average Bonchev–Trinajstić information content (AvgIpc) is 3.00. The summed E-state index contributed by atoms with van der Waals surface area (Å²) in [6, 6.07) is 0. The lowest BCUT2D eigenvalue weighted by atomic mass is 10.0. The normalized spacial score (nSPS) is 27.2. The second-order valence-electron chi connectivity index (χ2n) is 5.11. The second-order valence-corrected chi connectivity index (χ2v) is 5.11. The van der Waals surface area contributed by atoms with E-state index in [9.17, 15) is 9.90 Å². The van der Waals surface area contributed by atoms with Gasteiger partial charge in [0.1, 0.15) is 0 Å². The molecule has 0 aromatic carbocycles. The first kappa shape index (κ1) is 11.9. The monoisotopic (exact) mass is 227 g/mol. The predicted octanol–water partition coefficient (Wildman–Crippen LogP) is 0.642. The summed E-state index contributed by atoms with van der Waals surface area (Å²) < 4.78 is 4.92. The Bertz CT molecular complexity index is 253. The highest BCUT2D eigenvalue weighted by Gasteiger charge is 2.31. The molecule has 92 valence electrons. The summed E-state index contributed by atoms with van der Waals surface area (Å²) in [4.78, 5) is 13.4. The summed E-state index contributed by atoms with van der Waals surface area (Å²) in [5.41, 5.74) is 0. The Morgan fingerprint density at radius 3 is 2.81 bits per heavy atom. The second kappa shape index (κ2) is 5.15. The number of aliphatic hydroxyl groups excluding tert-OH is 1. The van der Waals surface area contributed by atoms with Crippen molar-refractivity contribution in [3.63, 3.8) is 0 Å². The van der Waals surface area contributed by atoms with Gasteiger partial charge in [-0.05, 0) is 45.2 Å². The lowest BCUT2D eigenvalue weighted by molar-refractivity contribution is -0.141. The average molecular weight is 227 g/mol. The van der Waals surface area contributed by atoms with E-state index >= 15 is 0 Å². The third-order valence-electron chi connectivity index (χ3n) is 3.57. The molecule has 2 rings (SSSR count). The van der Waals surface area contributed by atoms with E-state index < -0.39 is 0 Å². The molecule has 1 saturated heterocycles. The first-order chi connectivity index (χ1) is 7.66. The number of hydrogen-bond donors (Lipinski definition) is 1. The number of carbonyl (C=O) groups is 1. The number of esters is 1. The van der Waals surface area contributed by atoms with E-state index in [-0.39, 0.29) is 18.0 Å². The molecule has 1 aliphatic heterocycles. The molecule has 0 spiro atoms. The molecule has 0 amide bonds. The summed E-state index contributed by atoms with van der Waals surface area (Å²) in [6.45, 7) is 2.17. The number of aliphatic hydroxyl groups is 1. The first-order valence-corrected chi connectivity index (χ1v) is 6.20. The van der Waals surface area contributed by atoms with Gasteiger partial charge in [0.2, 0.25) is 0 Å². The Morgan fingerprint density at radius 1 is 1.50 bits per heavy atom. The molecule has 0 aromatic rings. The number of carbonyl (C=O) groups excluding carboxylic acids is 1. The van der Waals surface area contributed by atoms with E-state index in [1.165, 1.54) is 12.8 Å². The van der Waals surface area contributed by atoms with E-state index in [4.69, 9.17) is 4.74 Å². The Kier molecular flexibility index (Phi) is 3.82. The molecule has 1 N–H and O–H groups in total. The maximum absolute atomic E-state index is 11.2.